The molecule has 0 unspecified atom stereocenters. The van der Waals surface area contributed by atoms with Crippen LogP contribution in [-0.4, -0.2) is 38.7 Å². The summed E-state index contributed by atoms with van der Waals surface area (Å²) < 4.78 is 32.1. The molecule has 144 valence electrons. The summed E-state index contributed by atoms with van der Waals surface area (Å²) in [6, 6.07) is 14.6. The van der Waals surface area contributed by atoms with Crippen LogP contribution >= 0.6 is 0 Å². The van der Waals surface area contributed by atoms with E-state index in [0.29, 0.717) is 37.2 Å². The smallest absolute Gasteiger partial charge is 0.218 e. The molecule has 3 rings (SSSR count). The molecule has 0 bridgehead atoms. The first kappa shape index (κ1) is 19.6. The Bertz CT molecular complexity index is 898. The lowest BCUT2D eigenvalue weighted by Crippen LogP contribution is -2.40. The van der Waals surface area contributed by atoms with Gasteiger partial charge in [0, 0.05) is 24.6 Å². The number of ether oxygens (including phenoxy) is 1. The van der Waals surface area contributed by atoms with Crippen LogP contribution in [-0.2, 0) is 15.8 Å². The highest BCUT2D eigenvalue weighted by atomic mass is 32.2. The molecular weight excluding hydrogens is 362 g/mol. The van der Waals surface area contributed by atoms with E-state index < -0.39 is 10.0 Å². The van der Waals surface area contributed by atoms with Crippen molar-refractivity contribution in [2.24, 2.45) is 5.92 Å². The van der Waals surface area contributed by atoms with Gasteiger partial charge in [-0.3, -0.25) is 4.79 Å². The van der Waals surface area contributed by atoms with E-state index in [-0.39, 0.29) is 17.5 Å². The first-order chi connectivity index (χ1) is 12.9. The maximum Gasteiger partial charge on any atom is 0.218 e. The second-order valence-corrected chi connectivity index (χ2v) is 8.92. The van der Waals surface area contributed by atoms with E-state index in [2.05, 4.69) is 0 Å². The lowest BCUT2D eigenvalue weighted by atomic mass is 9.89. The van der Waals surface area contributed by atoms with Crippen molar-refractivity contribution >= 4 is 15.8 Å². The summed E-state index contributed by atoms with van der Waals surface area (Å²) in [5.74, 6) is 0.664. The molecule has 2 aromatic rings. The minimum atomic E-state index is -3.38. The number of carbonyl (C=O) groups excluding carboxylic acids is 1. The Morgan fingerprint density at radius 1 is 1.07 bits per heavy atom. The number of aryl methyl sites for hydroxylation is 1. The number of hydrogen-bond acceptors (Lipinski definition) is 4. The van der Waals surface area contributed by atoms with Gasteiger partial charge in [0.05, 0.1) is 12.9 Å². The van der Waals surface area contributed by atoms with Gasteiger partial charge in [0.1, 0.15) is 5.75 Å². The molecule has 0 atom stereocenters. The van der Waals surface area contributed by atoms with Crippen LogP contribution in [0.1, 0.15) is 34.3 Å². The third-order valence-electron chi connectivity index (χ3n) is 5.19. The number of Topliss-reactive ketones (excluding diaryl/α,β-unsaturated/α-hetero) is 1. The quantitative estimate of drug-likeness (QED) is 0.713. The average molecular weight is 388 g/mol. The summed E-state index contributed by atoms with van der Waals surface area (Å²) in [6.07, 6.45) is 1.11. The van der Waals surface area contributed by atoms with E-state index in [1.807, 2.05) is 31.2 Å². The van der Waals surface area contributed by atoms with Crippen LogP contribution in [0.2, 0.25) is 0 Å². The van der Waals surface area contributed by atoms with Crippen molar-refractivity contribution in [3.05, 3.63) is 65.2 Å². The van der Waals surface area contributed by atoms with Gasteiger partial charge in [-0.2, -0.15) is 0 Å². The Labute approximate surface area is 161 Å². The monoisotopic (exact) mass is 387 g/mol. The number of benzene rings is 2. The van der Waals surface area contributed by atoms with Crippen molar-refractivity contribution in [1.29, 1.82) is 0 Å². The molecule has 27 heavy (non-hydrogen) atoms. The molecule has 0 aliphatic carbocycles. The number of hydrogen-bond donors (Lipinski definition) is 0. The SMILES string of the molecule is COc1ccc(C(=O)C2CCN(S(=O)(=O)Cc3ccccc3C)CC2)cc1. The van der Waals surface area contributed by atoms with E-state index in [4.69, 9.17) is 4.74 Å². The highest BCUT2D eigenvalue weighted by Crippen LogP contribution is 2.26. The van der Waals surface area contributed by atoms with Crippen LogP contribution < -0.4 is 4.74 Å². The maximum atomic E-state index is 12.8. The summed E-state index contributed by atoms with van der Waals surface area (Å²) in [5.41, 5.74) is 2.46. The second kappa shape index (κ2) is 8.23. The molecule has 0 spiro atoms. The third kappa shape index (κ3) is 4.57. The van der Waals surface area contributed by atoms with E-state index in [1.165, 1.54) is 4.31 Å². The fourth-order valence-corrected chi connectivity index (χ4v) is 5.11. The molecule has 5 nitrogen and oxygen atoms in total. The van der Waals surface area contributed by atoms with Crippen molar-refractivity contribution in [1.82, 2.24) is 4.31 Å². The number of rotatable bonds is 6. The number of piperidine rings is 1. The number of nitrogens with zero attached hydrogens (tertiary/aromatic N) is 1. The Hall–Kier alpha value is -2.18. The first-order valence-corrected chi connectivity index (χ1v) is 10.7. The molecule has 1 aliphatic heterocycles. The molecule has 0 N–H and O–H groups in total. The van der Waals surface area contributed by atoms with Crippen LogP contribution in [0.25, 0.3) is 0 Å². The van der Waals surface area contributed by atoms with Crippen molar-refractivity contribution in [3.8, 4) is 5.75 Å². The Morgan fingerprint density at radius 3 is 2.30 bits per heavy atom. The molecule has 1 aliphatic rings. The zero-order valence-electron chi connectivity index (χ0n) is 15.7. The normalized spacial score (nSPS) is 16.2. The minimum Gasteiger partial charge on any atom is -0.497 e. The summed E-state index contributed by atoms with van der Waals surface area (Å²) in [7, 11) is -1.79. The summed E-state index contributed by atoms with van der Waals surface area (Å²) in [5, 5.41) is 0. The zero-order valence-corrected chi connectivity index (χ0v) is 16.5. The first-order valence-electron chi connectivity index (χ1n) is 9.11. The number of carbonyl (C=O) groups is 1. The average Bonchev–Trinajstić information content (AvgIpc) is 2.69. The molecule has 1 heterocycles. The lowest BCUT2D eigenvalue weighted by Gasteiger charge is -2.30. The van der Waals surface area contributed by atoms with Crippen molar-refractivity contribution in [2.75, 3.05) is 20.2 Å². The highest BCUT2D eigenvalue weighted by Gasteiger charge is 2.31. The predicted molar refractivity (Wildman–Crippen MR) is 105 cm³/mol. The van der Waals surface area contributed by atoms with Crippen LogP contribution in [0, 0.1) is 12.8 Å². The van der Waals surface area contributed by atoms with Crippen LogP contribution in [0.5, 0.6) is 5.75 Å². The standard InChI is InChI=1S/C21H25NO4S/c1-16-5-3-4-6-19(16)15-27(24,25)22-13-11-18(12-14-22)21(23)17-7-9-20(26-2)10-8-17/h3-10,18H,11-15H2,1-2H3. The van der Waals surface area contributed by atoms with Gasteiger partial charge in [-0.15, -0.1) is 0 Å². The largest absolute Gasteiger partial charge is 0.497 e. The summed E-state index contributed by atoms with van der Waals surface area (Å²) in [6.45, 7) is 2.70. The number of ketones is 1. The van der Waals surface area contributed by atoms with Gasteiger partial charge < -0.3 is 4.74 Å². The van der Waals surface area contributed by atoms with Gasteiger partial charge in [-0.25, -0.2) is 12.7 Å². The van der Waals surface area contributed by atoms with Gasteiger partial charge in [-0.1, -0.05) is 24.3 Å². The molecule has 1 saturated heterocycles. The van der Waals surface area contributed by atoms with Crippen LogP contribution in [0.15, 0.2) is 48.5 Å². The molecule has 6 heteroatoms. The second-order valence-electron chi connectivity index (χ2n) is 6.95. The van der Waals surface area contributed by atoms with Crippen LogP contribution in [0.4, 0.5) is 0 Å². The van der Waals surface area contributed by atoms with Crippen molar-refractivity contribution in [3.63, 3.8) is 0 Å². The topological polar surface area (TPSA) is 63.7 Å². The highest BCUT2D eigenvalue weighted by molar-refractivity contribution is 7.88. The lowest BCUT2D eigenvalue weighted by molar-refractivity contribution is 0.0875. The van der Waals surface area contributed by atoms with Crippen LogP contribution in [0.3, 0.4) is 0 Å². The van der Waals surface area contributed by atoms with Crippen molar-refractivity contribution in [2.45, 2.75) is 25.5 Å². The molecule has 0 aromatic heterocycles. The van der Waals surface area contributed by atoms with Gasteiger partial charge in [0.25, 0.3) is 0 Å². The summed E-state index contributed by atoms with van der Waals surface area (Å²) in [4.78, 5) is 12.7. The summed E-state index contributed by atoms with van der Waals surface area (Å²) >= 11 is 0. The fourth-order valence-electron chi connectivity index (χ4n) is 3.45. The Balaban J connectivity index is 1.62. The number of methoxy groups -OCH3 is 1. The van der Waals surface area contributed by atoms with E-state index in [0.717, 1.165) is 11.1 Å². The Kier molecular flexibility index (Phi) is 5.97. The van der Waals surface area contributed by atoms with Crippen molar-refractivity contribution < 1.29 is 17.9 Å². The minimum absolute atomic E-state index is 0.0107. The molecule has 0 radical (unpaired) electrons. The van der Waals surface area contributed by atoms with Gasteiger partial charge in [0.15, 0.2) is 5.78 Å². The molecule has 1 fully saturated rings. The van der Waals surface area contributed by atoms with E-state index >= 15 is 0 Å². The van der Waals surface area contributed by atoms with Gasteiger partial charge >= 0.3 is 0 Å². The third-order valence-corrected chi connectivity index (χ3v) is 7.02. The molecular formula is C21H25NO4S. The predicted octanol–water partition coefficient (Wildman–Crippen LogP) is 3.43. The number of sulfonamides is 1. The Morgan fingerprint density at radius 2 is 1.70 bits per heavy atom. The van der Waals surface area contributed by atoms with E-state index in [1.54, 1.807) is 31.4 Å². The van der Waals surface area contributed by atoms with Gasteiger partial charge in [0.2, 0.25) is 10.0 Å². The molecule has 0 amide bonds. The maximum absolute atomic E-state index is 12.8. The van der Waals surface area contributed by atoms with Gasteiger partial charge in [-0.05, 0) is 55.2 Å². The fraction of sp³-hybridized carbons (Fsp3) is 0.381. The molecule has 0 saturated carbocycles. The zero-order chi connectivity index (χ0) is 19.4. The van der Waals surface area contributed by atoms with E-state index in [9.17, 15) is 13.2 Å². The molecule has 2 aromatic carbocycles.